The number of aromatic nitrogens is 1. The van der Waals surface area contributed by atoms with Gasteiger partial charge in [-0.25, -0.2) is 8.78 Å². The van der Waals surface area contributed by atoms with E-state index in [0.29, 0.717) is 50.8 Å². The fraction of sp³-hybridized carbons (Fsp3) is 0.391. The highest BCUT2D eigenvalue weighted by Gasteiger charge is 2.35. The van der Waals surface area contributed by atoms with Crippen molar-refractivity contribution in [2.75, 3.05) is 5.32 Å². The molecular weight excluding hydrogens is 472 g/mol. The van der Waals surface area contributed by atoms with Gasteiger partial charge in [-0.2, -0.15) is 0 Å². The molecule has 0 radical (unpaired) electrons. The zero-order valence-corrected chi connectivity index (χ0v) is 18.8. The highest BCUT2D eigenvalue weighted by Crippen LogP contribution is 2.34. The Labute approximate surface area is 198 Å². The summed E-state index contributed by atoms with van der Waals surface area (Å²) in [5.41, 5.74) is 0.423. The molecule has 1 fully saturated rings. The Bertz CT molecular complexity index is 1190. The number of benzene rings is 1. The Morgan fingerprint density at radius 1 is 1.06 bits per heavy atom. The van der Waals surface area contributed by atoms with Crippen molar-refractivity contribution in [2.24, 2.45) is 5.92 Å². The van der Waals surface area contributed by atoms with E-state index in [9.17, 15) is 28.0 Å². The zero-order chi connectivity index (χ0) is 24.6. The molecule has 0 unspecified atom stereocenters. The van der Waals surface area contributed by atoms with Crippen LogP contribution in [0.25, 0.3) is 0 Å². The van der Waals surface area contributed by atoms with E-state index in [2.05, 4.69) is 10.6 Å². The van der Waals surface area contributed by atoms with Crippen molar-refractivity contribution in [1.29, 1.82) is 0 Å². The van der Waals surface area contributed by atoms with Crippen molar-refractivity contribution >= 4 is 40.9 Å². The van der Waals surface area contributed by atoms with Crippen LogP contribution < -0.4 is 10.6 Å². The lowest BCUT2D eigenvalue weighted by Crippen LogP contribution is -2.42. The molecule has 1 aliphatic carbocycles. The fourth-order valence-electron chi connectivity index (χ4n) is 4.61. The van der Waals surface area contributed by atoms with Crippen LogP contribution in [0.5, 0.6) is 0 Å². The van der Waals surface area contributed by atoms with Crippen molar-refractivity contribution < 1.29 is 33.1 Å². The molecule has 2 amide bonds. The zero-order valence-electron chi connectivity index (χ0n) is 18.0. The van der Waals surface area contributed by atoms with Gasteiger partial charge in [-0.3, -0.25) is 19.2 Å². The molecule has 1 aromatic carbocycles. The maximum Gasteiger partial charge on any atom is 0.306 e. The van der Waals surface area contributed by atoms with Crippen LogP contribution in [-0.2, 0) is 22.6 Å². The Kier molecular flexibility index (Phi) is 6.70. The van der Waals surface area contributed by atoms with Gasteiger partial charge < -0.3 is 20.3 Å². The number of nitrogens with one attached hydrogen (secondary N) is 2. The molecule has 2 heterocycles. The van der Waals surface area contributed by atoms with Crippen LogP contribution in [0, 0.1) is 17.6 Å². The first kappa shape index (κ1) is 23.9. The molecule has 0 atom stereocenters. The third kappa shape index (κ3) is 4.54. The summed E-state index contributed by atoms with van der Waals surface area (Å²) in [6, 6.07) is 2.57. The second-order valence-corrected chi connectivity index (χ2v) is 8.89. The molecule has 180 valence electrons. The van der Waals surface area contributed by atoms with E-state index in [1.54, 1.807) is 4.57 Å². The minimum Gasteiger partial charge on any atom is -0.481 e. The third-order valence-electron chi connectivity index (χ3n) is 6.34. The normalized spacial score (nSPS) is 19.4. The van der Waals surface area contributed by atoms with Crippen LogP contribution in [0.3, 0.4) is 0 Å². The molecule has 4 rings (SSSR count). The SMILES string of the molecule is O=C(N[C@H]1CC[C@@H](C(=O)O)CC1)C(=O)c1c(Cl)c(C(=O)Nc2ccc(F)c(F)c2)c2n1CCC2. The first-order chi connectivity index (χ1) is 16.2. The number of carbonyl (C=O) groups excluding carboxylic acids is 3. The average Bonchev–Trinajstić information content (AvgIpc) is 3.35. The number of amides is 2. The number of carboxylic acids is 1. The van der Waals surface area contributed by atoms with Crippen LogP contribution in [0.1, 0.15) is 58.6 Å². The Balaban J connectivity index is 1.52. The topological polar surface area (TPSA) is 118 Å². The van der Waals surface area contributed by atoms with Crippen molar-refractivity contribution in [1.82, 2.24) is 9.88 Å². The number of carboxylic acid groups (broad SMARTS) is 1. The van der Waals surface area contributed by atoms with Gasteiger partial charge in [-0.1, -0.05) is 11.6 Å². The first-order valence-corrected chi connectivity index (χ1v) is 11.3. The number of halogens is 3. The van der Waals surface area contributed by atoms with Crippen LogP contribution in [0.15, 0.2) is 18.2 Å². The number of hydrogen-bond donors (Lipinski definition) is 3. The Morgan fingerprint density at radius 2 is 1.76 bits per heavy atom. The molecule has 8 nitrogen and oxygen atoms in total. The molecule has 0 spiro atoms. The molecule has 1 saturated carbocycles. The molecule has 0 saturated heterocycles. The number of rotatable bonds is 6. The van der Waals surface area contributed by atoms with Gasteiger partial charge in [0, 0.05) is 30.0 Å². The Hall–Kier alpha value is -3.27. The molecular formula is C23H22ClF2N3O5. The van der Waals surface area contributed by atoms with Crippen LogP contribution in [-0.4, -0.2) is 39.3 Å². The summed E-state index contributed by atoms with van der Waals surface area (Å²) in [6.45, 7) is 0.394. The molecule has 3 N–H and O–H groups in total. The minimum absolute atomic E-state index is 0.0143. The van der Waals surface area contributed by atoms with E-state index >= 15 is 0 Å². The lowest BCUT2D eigenvalue weighted by atomic mass is 9.86. The lowest BCUT2D eigenvalue weighted by molar-refractivity contribution is -0.142. The maximum atomic E-state index is 13.5. The Morgan fingerprint density at radius 3 is 2.41 bits per heavy atom. The molecule has 2 aromatic rings. The van der Waals surface area contributed by atoms with E-state index < -0.39 is 41.1 Å². The molecule has 34 heavy (non-hydrogen) atoms. The smallest absolute Gasteiger partial charge is 0.306 e. The lowest BCUT2D eigenvalue weighted by Gasteiger charge is -2.26. The summed E-state index contributed by atoms with van der Waals surface area (Å²) >= 11 is 6.42. The van der Waals surface area contributed by atoms with Gasteiger partial charge in [0.25, 0.3) is 17.6 Å². The van der Waals surface area contributed by atoms with Gasteiger partial charge in [-0.05, 0) is 50.7 Å². The number of fused-ring (bicyclic) bond motifs is 1. The van der Waals surface area contributed by atoms with Crippen LogP contribution in [0.2, 0.25) is 5.02 Å². The predicted octanol–water partition coefficient (Wildman–Crippen LogP) is 3.56. The van der Waals surface area contributed by atoms with Gasteiger partial charge in [0.05, 0.1) is 16.5 Å². The number of carbonyl (C=O) groups is 4. The van der Waals surface area contributed by atoms with Crippen molar-refractivity contribution in [2.45, 2.75) is 51.1 Å². The number of anilines is 1. The van der Waals surface area contributed by atoms with E-state index in [1.165, 1.54) is 6.07 Å². The molecule has 2 aliphatic rings. The van der Waals surface area contributed by atoms with E-state index in [1.807, 2.05) is 0 Å². The van der Waals surface area contributed by atoms with Gasteiger partial charge in [-0.15, -0.1) is 0 Å². The average molecular weight is 494 g/mol. The van der Waals surface area contributed by atoms with Gasteiger partial charge >= 0.3 is 5.97 Å². The van der Waals surface area contributed by atoms with E-state index in [0.717, 1.165) is 12.1 Å². The molecule has 1 aromatic heterocycles. The maximum absolute atomic E-state index is 13.5. The monoisotopic (exact) mass is 493 g/mol. The summed E-state index contributed by atoms with van der Waals surface area (Å²) < 4.78 is 28.2. The van der Waals surface area contributed by atoms with Crippen molar-refractivity contribution in [3.63, 3.8) is 0 Å². The third-order valence-corrected chi connectivity index (χ3v) is 6.71. The fourth-order valence-corrected chi connectivity index (χ4v) is 4.99. The van der Waals surface area contributed by atoms with Crippen molar-refractivity contribution in [3.05, 3.63) is 51.8 Å². The highest BCUT2D eigenvalue weighted by atomic mass is 35.5. The number of aliphatic carboxylic acids is 1. The molecule has 0 bridgehead atoms. The number of ketones is 1. The summed E-state index contributed by atoms with van der Waals surface area (Å²) in [5.74, 6) is -5.98. The largest absolute Gasteiger partial charge is 0.481 e. The highest BCUT2D eigenvalue weighted by molar-refractivity contribution is 6.48. The minimum atomic E-state index is -1.13. The second-order valence-electron chi connectivity index (χ2n) is 8.51. The van der Waals surface area contributed by atoms with Crippen molar-refractivity contribution in [3.8, 4) is 0 Å². The van der Waals surface area contributed by atoms with Crippen LogP contribution in [0.4, 0.5) is 14.5 Å². The predicted molar refractivity (Wildman–Crippen MR) is 118 cm³/mol. The summed E-state index contributed by atoms with van der Waals surface area (Å²) in [4.78, 5) is 49.7. The first-order valence-electron chi connectivity index (χ1n) is 10.9. The number of Topliss-reactive ketones (excluding diaryl/α,β-unsaturated/α-hetero) is 1. The number of hydrogen-bond acceptors (Lipinski definition) is 4. The number of nitrogens with zero attached hydrogens (tertiary/aromatic N) is 1. The molecule has 1 aliphatic heterocycles. The second kappa shape index (κ2) is 9.54. The standard InChI is InChI=1S/C23H22ClF2N3O5/c24-18-17(21(31)28-13-7-8-14(25)15(26)10-13)16-2-1-9-29(16)19(18)20(30)22(32)27-12-5-3-11(4-6-12)23(33)34/h7-8,10-12H,1-6,9H2,(H,27,32)(H,28,31)(H,33,34)/t11-,12+. The summed E-state index contributed by atoms with van der Waals surface area (Å²) in [6.07, 6.45) is 2.79. The van der Waals surface area contributed by atoms with E-state index in [4.69, 9.17) is 16.7 Å². The van der Waals surface area contributed by atoms with Crippen LogP contribution >= 0.6 is 11.6 Å². The summed E-state index contributed by atoms with van der Waals surface area (Å²) in [5, 5.41) is 14.0. The van der Waals surface area contributed by atoms with Gasteiger partial charge in [0.1, 0.15) is 5.69 Å². The van der Waals surface area contributed by atoms with Gasteiger partial charge in [0.15, 0.2) is 11.6 Å². The summed E-state index contributed by atoms with van der Waals surface area (Å²) in [7, 11) is 0. The quantitative estimate of drug-likeness (QED) is 0.420. The van der Waals surface area contributed by atoms with E-state index in [-0.39, 0.29) is 28.0 Å². The molecule has 11 heteroatoms. The van der Waals surface area contributed by atoms with Gasteiger partial charge in [0.2, 0.25) is 0 Å².